The predicted octanol–water partition coefficient (Wildman–Crippen LogP) is 1.78. The lowest BCUT2D eigenvalue weighted by Gasteiger charge is -2.07. The van der Waals surface area contributed by atoms with Gasteiger partial charge in [-0.05, 0) is 19.3 Å². The first kappa shape index (κ1) is 11.8. The van der Waals surface area contributed by atoms with Crippen LogP contribution in [-0.4, -0.2) is 29.1 Å². The van der Waals surface area contributed by atoms with Crippen molar-refractivity contribution in [2.24, 2.45) is 5.92 Å². The highest BCUT2D eigenvalue weighted by atomic mass is 16.5. The van der Waals surface area contributed by atoms with Crippen molar-refractivity contribution in [3.05, 3.63) is 17.6 Å². The maximum Gasteiger partial charge on any atom is 0.376 e. The average molecular weight is 235 g/mol. The molecule has 0 saturated heterocycles. The summed E-state index contributed by atoms with van der Waals surface area (Å²) in [7, 11) is 1.33. The first-order valence-corrected chi connectivity index (χ1v) is 5.84. The van der Waals surface area contributed by atoms with Gasteiger partial charge in [0.1, 0.15) is 5.82 Å². The third kappa shape index (κ3) is 2.72. The molecule has 1 aromatic heterocycles. The molecule has 0 aromatic carbocycles. The molecule has 0 bridgehead atoms. The van der Waals surface area contributed by atoms with E-state index in [1.54, 1.807) is 0 Å². The fourth-order valence-electron chi connectivity index (χ4n) is 1.89. The zero-order chi connectivity index (χ0) is 12.4. The van der Waals surface area contributed by atoms with E-state index >= 15 is 0 Å². The van der Waals surface area contributed by atoms with Crippen LogP contribution in [0.15, 0.2) is 6.07 Å². The normalized spacial score (nSPS) is 22.1. The van der Waals surface area contributed by atoms with Crippen LogP contribution in [0.2, 0.25) is 0 Å². The van der Waals surface area contributed by atoms with E-state index < -0.39 is 5.97 Å². The number of carbonyl (C=O) groups is 1. The molecule has 5 heteroatoms. The summed E-state index contributed by atoms with van der Waals surface area (Å²) in [5.74, 6) is 1.05. The Bertz CT molecular complexity index is 434. The molecule has 2 unspecified atom stereocenters. The van der Waals surface area contributed by atoms with E-state index in [1.807, 2.05) is 13.0 Å². The molecule has 2 rings (SSSR count). The summed E-state index contributed by atoms with van der Waals surface area (Å²) in [4.78, 5) is 19.6. The quantitative estimate of drug-likeness (QED) is 0.806. The molecule has 1 fully saturated rings. The smallest absolute Gasteiger partial charge is 0.376 e. The van der Waals surface area contributed by atoms with Crippen molar-refractivity contribution in [3.63, 3.8) is 0 Å². The van der Waals surface area contributed by atoms with Gasteiger partial charge < -0.3 is 10.1 Å². The van der Waals surface area contributed by atoms with Gasteiger partial charge in [-0.2, -0.15) is 0 Å². The van der Waals surface area contributed by atoms with Crippen LogP contribution in [0.1, 0.15) is 36.1 Å². The Balaban J connectivity index is 2.12. The second-order valence-corrected chi connectivity index (χ2v) is 4.36. The van der Waals surface area contributed by atoms with Crippen molar-refractivity contribution in [1.82, 2.24) is 9.97 Å². The van der Waals surface area contributed by atoms with Crippen molar-refractivity contribution < 1.29 is 9.53 Å². The fourth-order valence-corrected chi connectivity index (χ4v) is 1.89. The first-order chi connectivity index (χ1) is 8.13. The molecule has 0 aliphatic heterocycles. The Morgan fingerprint density at radius 3 is 2.94 bits per heavy atom. The number of methoxy groups -OCH3 is 1. The highest BCUT2D eigenvalue weighted by Crippen LogP contribution is 2.35. The van der Waals surface area contributed by atoms with E-state index in [2.05, 4.69) is 26.9 Å². The van der Waals surface area contributed by atoms with Gasteiger partial charge in [-0.1, -0.05) is 13.3 Å². The number of hydrogen-bond donors (Lipinski definition) is 1. The molecule has 1 aromatic rings. The molecule has 1 aliphatic carbocycles. The van der Waals surface area contributed by atoms with Gasteiger partial charge in [-0.25, -0.2) is 14.8 Å². The number of carbonyl (C=O) groups excluding carboxylic acids is 1. The van der Waals surface area contributed by atoms with Gasteiger partial charge in [0, 0.05) is 17.8 Å². The largest absolute Gasteiger partial charge is 0.463 e. The van der Waals surface area contributed by atoms with E-state index in [0.29, 0.717) is 11.9 Å². The molecule has 92 valence electrons. The van der Waals surface area contributed by atoms with Crippen LogP contribution in [0.5, 0.6) is 0 Å². The maximum absolute atomic E-state index is 11.4. The summed E-state index contributed by atoms with van der Waals surface area (Å²) < 4.78 is 4.62. The first-order valence-electron chi connectivity index (χ1n) is 5.84. The lowest BCUT2D eigenvalue weighted by molar-refractivity contribution is 0.0586. The zero-order valence-corrected chi connectivity index (χ0v) is 10.4. The van der Waals surface area contributed by atoms with E-state index in [-0.39, 0.29) is 5.82 Å². The Hall–Kier alpha value is -1.65. The second kappa shape index (κ2) is 4.69. The third-order valence-corrected chi connectivity index (χ3v) is 3.00. The molecular formula is C12H17N3O2. The molecule has 1 N–H and O–H groups in total. The van der Waals surface area contributed by atoms with E-state index in [1.165, 1.54) is 20.0 Å². The zero-order valence-electron chi connectivity index (χ0n) is 10.4. The molecule has 0 spiro atoms. The van der Waals surface area contributed by atoms with Crippen LogP contribution in [0.4, 0.5) is 5.82 Å². The van der Waals surface area contributed by atoms with Gasteiger partial charge in [0.15, 0.2) is 0 Å². The molecular weight excluding hydrogens is 218 g/mol. The lowest BCUT2D eigenvalue weighted by Crippen LogP contribution is -2.13. The van der Waals surface area contributed by atoms with Crippen molar-refractivity contribution in [1.29, 1.82) is 0 Å². The van der Waals surface area contributed by atoms with Crippen LogP contribution < -0.4 is 5.32 Å². The lowest BCUT2D eigenvalue weighted by atomic mass is 10.3. The van der Waals surface area contributed by atoms with E-state index in [0.717, 1.165) is 11.6 Å². The number of aromatic nitrogens is 2. The summed E-state index contributed by atoms with van der Waals surface area (Å²) in [5, 5.41) is 3.32. The standard InChI is InChI=1S/C12H17N3O2/c1-4-8-6-9(8)14-10-5-7(2)13-11(15-10)12(16)17-3/h5,8-9H,4,6H2,1-3H3,(H,13,14,15). The molecule has 0 radical (unpaired) electrons. The summed E-state index contributed by atoms with van der Waals surface area (Å²) in [6, 6.07) is 2.33. The van der Waals surface area contributed by atoms with Crippen LogP contribution in [0.3, 0.4) is 0 Å². The molecule has 2 atom stereocenters. The van der Waals surface area contributed by atoms with Crippen molar-refractivity contribution in [3.8, 4) is 0 Å². The molecule has 1 saturated carbocycles. The van der Waals surface area contributed by atoms with Gasteiger partial charge in [0.2, 0.25) is 5.82 Å². The summed E-state index contributed by atoms with van der Waals surface area (Å²) in [6.07, 6.45) is 2.35. The number of hydrogen-bond acceptors (Lipinski definition) is 5. The van der Waals surface area contributed by atoms with Gasteiger partial charge in [-0.3, -0.25) is 0 Å². The van der Waals surface area contributed by atoms with Crippen molar-refractivity contribution in [2.75, 3.05) is 12.4 Å². The average Bonchev–Trinajstić information content (AvgIpc) is 3.05. The molecule has 1 aliphatic rings. The number of rotatable bonds is 4. The Morgan fingerprint density at radius 1 is 1.59 bits per heavy atom. The van der Waals surface area contributed by atoms with Crippen molar-refractivity contribution in [2.45, 2.75) is 32.7 Å². The number of ether oxygens (including phenoxy) is 1. The number of nitrogens with one attached hydrogen (secondary N) is 1. The maximum atomic E-state index is 11.4. The summed E-state index contributed by atoms with van der Waals surface area (Å²) in [5.41, 5.74) is 0.761. The number of aryl methyl sites for hydroxylation is 1. The predicted molar refractivity (Wildman–Crippen MR) is 63.9 cm³/mol. The molecule has 0 amide bonds. The fraction of sp³-hybridized carbons (Fsp3) is 0.583. The molecule has 5 nitrogen and oxygen atoms in total. The van der Waals surface area contributed by atoms with Crippen LogP contribution >= 0.6 is 0 Å². The Morgan fingerprint density at radius 2 is 2.35 bits per heavy atom. The van der Waals surface area contributed by atoms with Crippen molar-refractivity contribution >= 4 is 11.8 Å². The highest BCUT2D eigenvalue weighted by Gasteiger charge is 2.35. The van der Waals surface area contributed by atoms with E-state index in [9.17, 15) is 4.79 Å². The number of nitrogens with zero attached hydrogens (tertiary/aromatic N) is 2. The van der Waals surface area contributed by atoms with Crippen LogP contribution in [-0.2, 0) is 4.74 Å². The molecule has 1 heterocycles. The Kier molecular flexibility index (Phi) is 3.26. The summed E-state index contributed by atoms with van der Waals surface area (Å²) >= 11 is 0. The van der Waals surface area contributed by atoms with Gasteiger partial charge in [-0.15, -0.1) is 0 Å². The SMILES string of the molecule is CCC1CC1Nc1cc(C)nc(C(=O)OC)n1. The van der Waals surface area contributed by atoms with Gasteiger partial charge in [0.05, 0.1) is 7.11 Å². The number of esters is 1. The Labute approximate surface area is 101 Å². The minimum atomic E-state index is -0.500. The van der Waals surface area contributed by atoms with E-state index in [4.69, 9.17) is 0 Å². The second-order valence-electron chi connectivity index (χ2n) is 4.36. The minimum Gasteiger partial charge on any atom is -0.463 e. The topological polar surface area (TPSA) is 64.1 Å². The monoisotopic (exact) mass is 235 g/mol. The molecule has 17 heavy (non-hydrogen) atoms. The summed E-state index contributed by atoms with van der Waals surface area (Å²) in [6.45, 7) is 4.01. The van der Waals surface area contributed by atoms with Crippen LogP contribution in [0.25, 0.3) is 0 Å². The van der Waals surface area contributed by atoms with Gasteiger partial charge >= 0.3 is 5.97 Å². The number of anilines is 1. The third-order valence-electron chi connectivity index (χ3n) is 3.00. The van der Waals surface area contributed by atoms with Gasteiger partial charge in [0.25, 0.3) is 0 Å². The van der Waals surface area contributed by atoms with Crippen LogP contribution in [0, 0.1) is 12.8 Å². The highest BCUT2D eigenvalue weighted by molar-refractivity contribution is 5.85. The minimum absolute atomic E-state index is 0.115.